The van der Waals surface area contributed by atoms with Gasteiger partial charge in [0.05, 0.1) is 10.6 Å². The number of carbonyl (C=O) groups excluding carboxylic acids is 2. The Morgan fingerprint density at radius 2 is 1.38 bits per heavy atom. The minimum Gasteiger partial charge on any atom is -0.354 e. The highest BCUT2D eigenvalue weighted by Crippen LogP contribution is 2.08. The van der Waals surface area contributed by atoms with Gasteiger partial charge in [-0.15, -0.1) is 0 Å². The zero-order chi connectivity index (χ0) is 24.7. The number of carbonyl (C=O) groups is 2. The van der Waals surface area contributed by atoms with E-state index in [9.17, 15) is 9.59 Å². The van der Waals surface area contributed by atoms with Gasteiger partial charge in [0.2, 0.25) is 5.91 Å². The molecule has 0 radical (unpaired) electrons. The summed E-state index contributed by atoms with van der Waals surface area (Å²) in [5, 5.41) is 5.95. The van der Waals surface area contributed by atoms with Crippen LogP contribution in [0.5, 0.6) is 0 Å². The van der Waals surface area contributed by atoms with Gasteiger partial charge in [0.15, 0.2) is 0 Å². The van der Waals surface area contributed by atoms with Gasteiger partial charge in [-0.25, -0.2) is 0 Å². The van der Waals surface area contributed by atoms with Crippen molar-refractivity contribution in [3.8, 4) is 0 Å². The first-order chi connectivity index (χ1) is 16.6. The van der Waals surface area contributed by atoms with Crippen LogP contribution in [0.2, 0.25) is 5.02 Å². The SMILES string of the molecule is CCC=CCC=CCC=CCC=CCC=CCCCC(=O)NCCNC(=O)c1cncc(Cl)c1. The lowest BCUT2D eigenvalue weighted by molar-refractivity contribution is -0.121. The molecule has 1 aromatic heterocycles. The number of halogens is 1. The van der Waals surface area contributed by atoms with Gasteiger partial charge in [0, 0.05) is 31.9 Å². The van der Waals surface area contributed by atoms with Crippen molar-refractivity contribution < 1.29 is 9.59 Å². The van der Waals surface area contributed by atoms with Gasteiger partial charge in [-0.2, -0.15) is 0 Å². The standard InChI is InChI=1S/C28H38ClN3O2/c1-2-3-4-5-6-7-8-9-10-11-12-13-14-15-16-17-18-19-27(33)31-20-21-32-28(34)25-22-26(29)24-30-23-25/h3-4,6-7,9-10,12-13,15-16,22-24H,2,5,8,11,14,17-21H2,1H3,(H,31,33)(H,32,34). The number of allylic oxidation sites excluding steroid dienone is 10. The number of unbranched alkanes of at least 4 members (excludes halogenated alkanes) is 1. The van der Waals surface area contributed by atoms with Gasteiger partial charge < -0.3 is 10.6 Å². The minimum absolute atomic E-state index is 0.00831. The van der Waals surface area contributed by atoms with Gasteiger partial charge >= 0.3 is 0 Å². The van der Waals surface area contributed by atoms with E-state index in [-0.39, 0.29) is 11.8 Å². The van der Waals surface area contributed by atoms with E-state index in [0.29, 0.717) is 30.1 Å². The number of aromatic nitrogens is 1. The molecule has 0 aliphatic rings. The molecule has 0 aromatic carbocycles. The average Bonchev–Trinajstić information content (AvgIpc) is 2.83. The van der Waals surface area contributed by atoms with Crippen LogP contribution in [-0.2, 0) is 4.79 Å². The molecule has 0 unspecified atom stereocenters. The number of pyridine rings is 1. The normalized spacial score (nSPS) is 12.1. The molecule has 2 N–H and O–H groups in total. The Labute approximate surface area is 209 Å². The third-order valence-electron chi connectivity index (χ3n) is 4.63. The minimum atomic E-state index is -0.261. The zero-order valence-electron chi connectivity index (χ0n) is 20.2. The van der Waals surface area contributed by atoms with Crippen LogP contribution < -0.4 is 10.6 Å². The van der Waals surface area contributed by atoms with Crippen molar-refractivity contribution >= 4 is 23.4 Å². The number of rotatable bonds is 17. The van der Waals surface area contributed by atoms with Gasteiger partial charge in [-0.3, -0.25) is 14.6 Å². The molecular formula is C28H38ClN3O2. The molecule has 6 heteroatoms. The summed E-state index contributed by atoms with van der Waals surface area (Å²) in [5.74, 6) is -0.270. The maximum absolute atomic E-state index is 11.9. The molecule has 0 spiro atoms. The molecule has 0 atom stereocenters. The maximum atomic E-state index is 11.9. The van der Waals surface area contributed by atoms with Crippen molar-refractivity contribution in [2.75, 3.05) is 13.1 Å². The lowest BCUT2D eigenvalue weighted by Gasteiger charge is -2.07. The quantitative estimate of drug-likeness (QED) is 0.196. The molecule has 5 nitrogen and oxygen atoms in total. The molecule has 2 amide bonds. The number of hydrogen-bond acceptors (Lipinski definition) is 3. The molecule has 0 aliphatic carbocycles. The molecule has 0 saturated heterocycles. The predicted octanol–water partition coefficient (Wildman–Crippen LogP) is 6.50. The first-order valence-corrected chi connectivity index (χ1v) is 12.4. The summed E-state index contributed by atoms with van der Waals surface area (Å²) in [6.07, 6.45) is 31.8. The summed E-state index contributed by atoms with van der Waals surface area (Å²) >= 11 is 5.82. The van der Waals surface area contributed by atoms with Gasteiger partial charge in [-0.1, -0.05) is 79.3 Å². The lowest BCUT2D eigenvalue weighted by atomic mass is 10.2. The summed E-state index contributed by atoms with van der Waals surface area (Å²) < 4.78 is 0. The number of hydrogen-bond donors (Lipinski definition) is 2. The Hall–Kier alpha value is -2.92. The summed E-state index contributed by atoms with van der Waals surface area (Å²) in [6, 6.07) is 1.55. The number of nitrogens with zero attached hydrogens (tertiary/aromatic N) is 1. The second-order valence-electron chi connectivity index (χ2n) is 7.60. The van der Waals surface area contributed by atoms with E-state index in [0.717, 1.165) is 44.9 Å². The Balaban J connectivity index is 1.98. The van der Waals surface area contributed by atoms with Crippen molar-refractivity contribution in [2.24, 2.45) is 0 Å². The van der Waals surface area contributed by atoms with Gasteiger partial charge in [0.1, 0.15) is 0 Å². The summed E-state index contributed by atoms with van der Waals surface area (Å²) in [5.41, 5.74) is 0.399. The Kier molecular flexibility index (Phi) is 17.7. The van der Waals surface area contributed by atoms with Crippen molar-refractivity contribution in [1.82, 2.24) is 15.6 Å². The van der Waals surface area contributed by atoms with E-state index >= 15 is 0 Å². The second-order valence-corrected chi connectivity index (χ2v) is 8.03. The molecule has 184 valence electrons. The van der Waals surface area contributed by atoms with E-state index in [1.165, 1.54) is 12.4 Å². The summed E-state index contributed by atoms with van der Waals surface area (Å²) in [4.78, 5) is 27.7. The molecule has 1 aromatic rings. The average molecular weight is 484 g/mol. The van der Waals surface area contributed by atoms with Crippen molar-refractivity contribution in [3.05, 3.63) is 89.8 Å². The van der Waals surface area contributed by atoms with Crippen molar-refractivity contribution in [2.45, 2.75) is 58.3 Å². The van der Waals surface area contributed by atoms with Gasteiger partial charge in [-0.05, 0) is 51.0 Å². The smallest absolute Gasteiger partial charge is 0.252 e. The maximum Gasteiger partial charge on any atom is 0.252 e. The fraction of sp³-hybridized carbons (Fsp3) is 0.393. The van der Waals surface area contributed by atoms with Crippen molar-refractivity contribution in [3.63, 3.8) is 0 Å². The largest absolute Gasteiger partial charge is 0.354 e. The van der Waals surface area contributed by atoms with Crippen LogP contribution in [0.1, 0.15) is 68.6 Å². The third-order valence-corrected chi connectivity index (χ3v) is 4.84. The van der Waals surface area contributed by atoms with Gasteiger partial charge in [0.25, 0.3) is 5.91 Å². The van der Waals surface area contributed by atoms with E-state index in [4.69, 9.17) is 11.6 Å². The first kappa shape index (κ1) is 29.1. The summed E-state index contributed by atoms with van der Waals surface area (Å²) in [6.45, 7) is 2.89. The third kappa shape index (κ3) is 16.7. The Bertz CT molecular complexity index is 857. The molecule has 0 aliphatic heterocycles. The van der Waals surface area contributed by atoms with Crippen LogP contribution in [0.25, 0.3) is 0 Å². The van der Waals surface area contributed by atoms with E-state index in [1.807, 2.05) is 0 Å². The predicted molar refractivity (Wildman–Crippen MR) is 143 cm³/mol. The van der Waals surface area contributed by atoms with Crippen LogP contribution in [0.15, 0.2) is 79.2 Å². The number of nitrogens with one attached hydrogen (secondary N) is 2. The monoisotopic (exact) mass is 483 g/mol. The highest BCUT2D eigenvalue weighted by molar-refractivity contribution is 6.30. The van der Waals surface area contributed by atoms with E-state index in [2.05, 4.69) is 83.3 Å². The van der Waals surface area contributed by atoms with Crippen LogP contribution in [0, 0.1) is 0 Å². The lowest BCUT2D eigenvalue weighted by Crippen LogP contribution is -2.34. The molecule has 0 saturated carbocycles. The first-order valence-electron chi connectivity index (χ1n) is 12.0. The van der Waals surface area contributed by atoms with Crippen LogP contribution in [0.3, 0.4) is 0 Å². The Morgan fingerprint density at radius 3 is 1.97 bits per heavy atom. The second kappa shape index (κ2) is 20.7. The molecule has 0 bridgehead atoms. The molecule has 0 fully saturated rings. The fourth-order valence-corrected chi connectivity index (χ4v) is 3.03. The molecule has 34 heavy (non-hydrogen) atoms. The highest BCUT2D eigenvalue weighted by Gasteiger charge is 2.06. The molecule has 1 rings (SSSR count). The fourth-order valence-electron chi connectivity index (χ4n) is 2.85. The highest BCUT2D eigenvalue weighted by atomic mass is 35.5. The van der Waals surface area contributed by atoms with E-state index < -0.39 is 0 Å². The topological polar surface area (TPSA) is 71.1 Å². The number of amides is 2. The van der Waals surface area contributed by atoms with Crippen molar-refractivity contribution in [1.29, 1.82) is 0 Å². The molecular weight excluding hydrogens is 446 g/mol. The van der Waals surface area contributed by atoms with Crippen LogP contribution in [-0.4, -0.2) is 29.9 Å². The van der Waals surface area contributed by atoms with Crippen LogP contribution in [0.4, 0.5) is 0 Å². The summed E-state index contributed by atoms with van der Waals surface area (Å²) in [7, 11) is 0. The van der Waals surface area contributed by atoms with Crippen LogP contribution >= 0.6 is 11.6 Å². The zero-order valence-corrected chi connectivity index (χ0v) is 21.0. The van der Waals surface area contributed by atoms with E-state index in [1.54, 1.807) is 6.07 Å². The Morgan fingerprint density at radius 1 is 0.824 bits per heavy atom. The molecule has 1 heterocycles.